The number of nitrogens with one attached hydrogen (secondary N) is 2. The summed E-state index contributed by atoms with van der Waals surface area (Å²) in [5.41, 5.74) is 2.35. The smallest absolute Gasteiger partial charge is 0.123 e. The Morgan fingerprint density at radius 2 is 2.26 bits per heavy atom. The van der Waals surface area contributed by atoms with Crippen molar-refractivity contribution in [2.75, 3.05) is 13.1 Å². The van der Waals surface area contributed by atoms with Crippen molar-refractivity contribution in [3.8, 4) is 0 Å². The van der Waals surface area contributed by atoms with Crippen LogP contribution in [0.25, 0.3) is 10.9 Å². The maximum atomic E-state index is 13.4. The molecule has 0 saturated heterocycles. The van der Waals surface area contributed by atoms with E-state index in [1.165, 1.54) is 30.9 Å². The van der Waals surface area contributed by atoms with E-state index < -0.39 is 0 Å². The zero-order valence-corrected chi connectivity index (χ0v) is 11.4. The van der Waals surface area contributed by atoms with Gasteiger partial charge in [-0.3, -0.25) is 0 Å². The molecule has 0 spiro atoms. The van der Waals surface area contributed by atoms with Gasteiger partial charge in [0, 0.05) is 17.1 Å². The van der Waals surface area contributed by atoms with Gasteiger partial charge < -0.3 is 10.3 Å². The molecule has 2 nitrogen and oxygen atoms in total. The molecule has 3 heteroatoms. The predicted molar refractivity (Wildman–Crippen MR) is 76.9 cm³/mol. The fourth-order valence-electron chi connectivity index (χ4n) is 3.34. The van der Waals surface area contributed by atoms with Gasteiger partial charge in [-0.25, -0.2) is 4.39 Å². The summed E-state index contributed by atoms with van der Waals surface area (Å²) in [5, 5.41) is 4.50. The summed E-state index contributed by atoms with van der Waals surface area (Å²) in [6.45, 7) is 4.30. The summed E-state index contributed by atoms with van der Waals surface area (Å²) < 4.78 is 13.4. The van der Waals surface area contributed by atoms with Crippen LogP contribution < -0.4 is 5.32 Å². The summed E-state index contributed by atoms with van der Waals surface area (Å²) >= 11 is 0. The first-order valence-electron chi connectivity index (χ1n) is 7.25. The molecule has 19 heavy (non-hydrogen) atoms. The van der Waals surface area contributed by atoms with E-state index in [1.807, 2.05) is 6.07 Å². The van der Waals surface area contributed by atoms with Crippen molar-refractivity contribution < 1.29 is 4.39 Å². The van der Waals surface area contributed by atoms with Gasteiger partial charge in [0.1, 0.15) is 5.82 Å². The van der Waals surface area contributed by atoms with Gasteiger partial charge in [0.2, 0.25) is 0 Å². The van der Waals surface area contributed by atoms with Gasteiger partial charge in [-0.1, -0.05) is 6.92 Å². The van der Waals surface area contributed by atoms with Gasteiger partial charge in [0.15, 0.2) is 0 Å². The topological polar surface area (TPSA) is 27.8 Å². The lowest BCUT2D eigenvalue weighted by Gasteiger charge is -2.11. The molecular formula is C16H21FN2. The third kappa shape index (κ3) is 2.52. The lowest BCUT2D eigenvalue weighted by molar-refractivity contribution is 0.492. The number of hydrogen-bond donors (Lipinski definition) is 2. The van der Waals surface area contributed by atoms with Crippen LogP contribution in [-0.4, -0.2) is 18.1 Å². The quantitative estimate of drug-likeness (QED) is 0.859. The molecule has 1 saturated carbocycles. The standard InChI is InChI=1S/C16H21FN2/c1-2-18-9-11-3-4-12(7-11)15-10-19-16-6-5-13(17)8-14(15)16/h5-6,8,10-12,18-19H,2-4,7,9H2,1H3. The number of H-pyrrole nitrogens is 1. The van der Waals surface area contributed by atoms with Crippen LogP contribution in [-0.2, 0) is 0 Å². The molecule has 1 aliphatic rings. The number of aromatic amines is 1. The molecular weight excluding hydrogens is 239 g/mol. The van der Waals surface area contributed by atoms with Gasteiger partial charge in [-0.2, -0.15) is 0 Å². The third-order valence-corrected chi connectivity index (χ3v) is 4.34. The minimum absolute atomic E-state index is 0.143. The van der Waals surface area contributed by atoms with E-state index in [2.05, 4.69) is 23.4 Å². The van der Waals surface area contributed by atoms with Gasteiger partial charge in [0.25, 0.3) is 0 Å². The predicted octanol–water partition coefficient (Wildman–Crippen LogP) is 3.80. The Labute approximate surface area is 113 Å². The van der Waals surface area contributed by atoms with Gasteiger partial charge >= 0.3 is 0 Å². The lowest BCUT2D eigenvalue weighted by atomic mass is 9.96. The van der Waals surface area contributed by atoms with Crippen LogP contribution in [0, 0.1) is 11.7 Å². The highest BCUT2D eigenvalue weighted by Gasteiger charge is 2.27. The zero-order chi connectivity index (χ0) is 13.2. The van der Waals surface area contributed by atoms with E-state index in [0.717, 1.165) is 29.9 Å². The van der Waals surface area contributed by atoms with Crippen LogP contribution in [0.4, 0.5) is 4.39 Å². The minimum Gasteiger partial charge on any atom is -0.361 e. The molecule has 1 aromatic carbocycles. The maximum absolute atomic E-state index is 13.4. The van der Waals surface area contributed by atoms with E-state index in [9.17, 15) is 4.39 Å². The molecule has 2 aromatic rings. The molecule has 102 valence electrons. The fraction of sp³-hybridized carbons (Fsp3) is 0.500. The molecule has 1 heterocycles. The Morgan fingerprint density at radius 3 is 3.11 bits per heavy atom. The normalized spacial score (nSPS) is 23.3. The van der Waals surface area contributed by atoms with Crippen molar-refractivity contribution in [3.63, 3.8) is 0 Å². The van der Waals surface area contributed by atoms with Crippen molar-refractivity contribution in [2.24, 2.45) is 5.92 Å². The summed E-state index contributed by atoms with van der Waals surface area (Å²) in [7, 11) is 0. The molecule has 2 N–H and O–H groups in total. The second-order valence-electron chi connectivity index (χ2n) is 5.62. The molecule has 0 amide bonds. The Balaban J connectivity index is 1.80. The van der Waals surface area contributed by atoms with Crippen molar-refractivity contribution in [1.29, 1.82) is 0 Å². The van der Waals surface area contributed by atoms with Crippen LogP contribution in [0.5, 0.6) is 0 Å². The number of halogens is 1. The molecule has 1 fully saturated rings. The Morgan fingerprint density at radius 1 is 1.37 bits per heavy atom. The number of aromatic nitrogens is 1. The Bertz CT molecular complexity index is 561. The SMILES string of the molecule is CCNCC1CCC(c2c[nH]c3ccc(F)cc23)C1. The number of rotatable bonds is 4. The van der Waals surface area contributed by atoms with Crippen LogP contribution in [0.1, 0.15) is 37.7 Å². The molecule has 0 bridgehead atoms. The van der Waals surface area contributed by atoms with Crippen molar-refractivity contribution in [2.45, 2.75) is 32.1 Å². The Kier molecular flexibility index (Phi) is 3.56. The van der Waals surface area contributed by atoms with Crippen LogP contribution in [0.3, 0.4) is 0 Å². The number of hydrogen-bond acceptors (Lipinski definition) is 1. The molecule has 1 aliphatic carbocycles. The average Bonchev–Trinajstić information content (AvgIpc) is 3.01. The van der Waals surface area contributed by atoms with E-state index in [1.54, 1.807) is 6.07 Å². The molecule has 3 rings (SSSR count). The van der Waals surface area contributed by atoms with E-state index >= 15 is 0 Å². The van der Waals surface area contributed by atoms with Crippen LogP contribution in [0.2, 0.25) is 0 Å². The van der Waals surface area contributed by atoms with Gasteiger partial charge in [-0.05, 0) is 68.0 Å². The summed E-state index contributed by atoms with van der Waals surface area (Å²) in [6.07, 6.45) is 5.79. The second-order valence-corrected chi connectivity index (χ2v) is 5.62. The van der Waals surface area contributed by atoms with E-state index in [4.69, 9.17) is 0 Å². The number of benzene rings is 1. The first-order chi connectivity index (χ1) is 9.28. The van der Waals surface area contributed by atoms with Crippen molar-refractivity contribution >= 4 is 10.9 Å². The van der Waals surface area contributed by atoms with Crippen LogP contribution >= 0.6 is 0 Å². The molecule has 0 radical (unpaired) electrons. The second kappa shape index (κ2) is 5.33. The molecule has 2 atom stereocenters. The highest BCUT2D eigenvalue weighted by molar-refractivity contribution is 5.83. The lowest BCUT2D eigenvalue weighted by Crippen LogP contribution is -2.20. The summed E-state index contributed by atoms with van der Waals surface area (Å²) in [4.78, 5) is 3.27. The molecule has 0 aliphatic heterocycles. The average molecular weight is 260 g/mol. The molecule has 1 aromatic heterocycles. The first kappa shape index (κ1) is 12.7. The highest BCUT2D eigenvalue weighted by atomic mass is 19.1. The zero-order valence-electron chi connectivity index (χ0n) is 11.4. The van der Waals surface area contributed by atoms with Gasteiger partial charge in [0.05, 0.1) is 0 Å². The van der Waals surface area contributed by atoms with E-state index in [-0.39, 0.29) is 5.82 Å². The first-order valence-corrected chi connectivity index (χ1v) is 7.25. The van der Waals surface area contributed by atoms with E-state index in [0.29, 0.717) is 5.92 Å². The maximum Gasteiger partial charge on any atom is 0.123 e. The minimum atomic E-state index is -0.143. The summed E-state index contributed by atoms with van der Waals surface area (Å²) in [6, 6.07) is 5.02. The van der Waals surface area contributed by atoms with Crippen molar-refractivity contribution in [3.05, 3.63) is 35.8 Å². The largest absolute Gasteiger partial charge is 0.361 e. The Hall–Kier alpha value is -1.35. The highest BCUT2D eigenvalue weighted by Crippen LogP contribution is 2.40. The van der Waals surface area contributed by atoms with Crippen LogP contribution in [0.15, 0.2) is 24.4 Å². The molecule has 2 unspecified atom stereocenters. The fourth-order valence-corrected chi connectivity index (χ4v) is 3.34. The van der Waals surface area contributed by atoms with Gasteiger partial charge in [-0.15, -0.1) is 0 Å². The summed E-state index contributed by atoms with van der Waals surface area (Å²) in [5.74, 6) is 1.21. The monoisotopic (exact) mass is 260 g/mol. The number of fused-ring (bicyclic) bond motifs is 1. The third-order valence-electron chi connectivity index (χ3n) is 4.34. The van der Waals surface area contributed by atoms with Crippen molar-refractivity contribution in [1.82, 2.24) is 10.3 Å².